The quantitative estimate of drug-likeness (QED) is 0.234. The third-order valence-electron chi connectivity index (χ3n) is 6.46. The summed E-state index contributed by atoms with van der Waals surface area (Å²) in [4.78, 5) is 16.6. The van der Waals surface area contributed by atoms with Crippen molar-refractivity contribution in [2.45, 2.75) is 44.6 Å². The van der Waals surface area contributed by atoms with E-state index in [2.05, 4.69) is 15.6 Å². The Morgan fingerprint density at radius 1 is 0.974 bits per heavy atom. The van der Waals surface area contributed by atoms with Crippen LogP contribution >= 0.6 is 23.2 Å². The average Bonchev–Trinajstić information content (AvgIpc) is 3.29. The van der Waals surface area contributed by atoms with Crippen LogP contribution in [0.1, 0.15) is 41.1 Å². The molecule has 0 saturated carbocycles. The Labute approximate surface area is 236 Å². The molecule has 3 aromatic carbocycles. The number of aliphatic hydroxyl groups excluding tert-OH is 1. The normalized spacial score (nSPS) is 19.0. The molecule has 1 aliphatic rings. The van der Waals surface area contributed by atoms with E-state index in [0.29, 0.717) is 30.4 Å². The maximum atomic E-state index is 12.5. The van der Waals surface area contributed by atoms with Gasteiger partial charge >= 0.3 is 6.03 Å². The highest BCUT2D eigenvalue weighted by Gasteiger charge is 2.33. The summed E-state index contributed by atoms with van der Waals surface area (Å²) in [5.74, 6) is 0. The Morgan fingerprint density at radius 2 is 1.77 bits per heavy atom. The van der Waals surface area contributed by atoms with Crippen LogP contribution in [0.25, 0.3) is 0 Å². The van der Waals surface area contributed by atoms with Gasteiger partial charge in [0.2, 0.25) is 0 Å². The van der Waals surface area contributed by atoms with Gasteiger partial charge in [-0.1, -0.05) is 89.9 Å². The number of hydrogen-bond acceptors (Lipinski definition) is 5. The molecule has 1 aromatic heterocycles. The lowest BCUT2D eigenvalue weighted by Gasteiger charge is -2.36. The van der Waals surface area contributed by atoms with Gasteiger partial charge in [-0.25, -0.2) is 9.78 Å². The Hall–Kier alpha value is -3.40. The molecule has 0 radical (unpaired) electrons. The van der Waals surface area contributed by atoms with Crippen LogP contribution in [0.4, 0.5) is 10.5 Å². The lowest BCUT2D eigenvalue weighted by molar-refractivity contribution is -0.252. The molecular formula is C29H28Cl2N4O4. The molecule has 4 aromatic rings. The number of aromatic nitrogens is 2. The third kappa shape index (κ3) is 6.98. The van der Waals surface area contributed by atoms with E-state index >= 15 is 0 Å². The molecule has 2 amide bonds. The van der Waals surface area contributed by atoms with Crippen molar-refractivity contribution in [1.29, 1.82) is 0 Å². The first-order valence-corrected chi connectivity index (χ1v) is 13.3. The Morgan fingerprint density at radius 3 is 2.49 bits per heavy atom. The van der Waals surface area contributed by atoms with Crippen LogP contribution in [-0.4, -0.2) is 26.8 Å². The molecule has 5 rings (SSSR count). The maximum Gasteiger partial charge on any atom is 0.319 e. The minimum Gasteiger partial charge on any atom is -0.392 e. The van der Waals surface area contributed by atoms with Crippen LogP contribution in [0.5, 0.6) is 0 Å². The number of aliphatic hydroxyl groups is 1. The zero-order chi connectivity index (χ0) is 27.2. The summed E-state index contributed by atoms with van der Waals surface area (Å²) >= 11 is 12.4. The smallest absolute Gasteiger partial charge is 0.319 e. The fourth-order valence-corrected chi connectivity index (χ4v) is 4.75. The number of benzene rings is 3. The summed E-state index contributed by atoms with van der Waals surface area (Å²) in [6.07, 6.45) is 0.923. The highest BCUT2D eigenvalue weighted by molar-refractivity contribution is 6.40. The van der Waals surface area contributed by atoms with Crippen LogP contribution in [0, 0.1) is 0 Å². The van der Waals surface area contributed by atoms with Gasteiger partial charge in [0, 0.05) is 24.2 Å². The second kappa shape index (κ2) is 12.6. The lowest BCUT2D eigenvalue weighted by Crippen LogP contribution is -2.32. The fraction of sp³-hybridized carbons (Fsp3) is 0.241. The highest BCUT2D eigenvalue weighted by Crippen LogP contribution is 2.39. The van der Waals surface area contributed by atoms with Gasteiger partial charge in [-0.3, -0.25) is 0 Å². The number of ether oxygens (including phenoxy) is 2. The van der Waals surface area contributed by atoms with Gasteiger partial charge in [0.25, 0.3) is 0 Å². The number of rotatable bonds is 8. The van der Waals surface area contributed by atoms with Gasteiger partial charge in [-0.05, 0) is 28.8 Å². The molecule has 0 aliphatic carbocycles. The molecule has 3 N–H and O–H groups in total. The van der Waals surface area contributed by atoms with E-state index < -0.39 is 6.29 Å². The zero-order valence-corrected chi connectivity index (χ0v) is 22.5. The molecule has 0 unspecified atom stereocenters. The number of hydrogen-bond donors (Lipinski definition) is 3. The number of nitrogens with zero attached hydrogens (tertiary/aromatic N) is 2. The molecule has 0 bridgehead atoms. The van der Waals surface area contributed by atoms with Gasteiger partial charge in [-0.15, -0.1) is 0 Å². The van der Waals surface area contributed by atoms with Gasteiger partial charge in [0.15, 0.2) is 11.4 Å². The van der Waals surface area contributed by atoms with Crippen molar-refractivity contribution >= 4 is 34.9 Å². The van der Waals surface area contributed by atoms with Crippen LogP contribution in [-0.2, 0) is 29.2 Å². The summed E-state index contributed by atoms with van der Waals surface area (Å²) in [6.45, 7) is 0.822. The molecule has 10 heteroatoms. The predicted octanol–water partition coefficient (Wildman–Crippen LogP) is 6.25. The van der Waals surface area contributed by atoms with Gasteiger partial charge in [0.1, 0.15) is 5.15 Å². The van der Waals surface area contributed by atoms with Crippen molar-refractivity contribution < 1.29 is 19.4 Å². The number of carbonyl (C=O) groups excluding carboxylic acids is 1. The van der Waals surface area contributed by atoms with E-state index in [0.717, 1.165) is 22.3 Å². The molecule has 1 fully saturated rings. The molecule has 3 atom stereocenters. The Balaban J connectivity index is 1.32. The Bertz CT molecular complexity index is 1400. The zero-order valence-electron chi connectivity index (χ0n) is 21.0. The second-order valence-electron chi connectivity index (χ2n) is 9.25. The molecule has 1 saturated heterocycles. The summed E-state index contributed by atoms with van der Waals surface area (Å²) in [6, 6.07) is 24.4. The van der Waals surface area contributed by atoms with Gasteiger partial charge < -0.3 is 29.8 Å². The number of amides is 2. The molecule has 1 aliphatic heterocycles. The standard InChI is InChI=1S/C29H28Cl2N4O4/c30-26-27(31)35(18-33-26)16-24-14-25(21-11-9-20(17-36)10-12-21)39-28(38-24)22-7-4-8-23(13-22)34-29(37)32-15-19-5-2-1-3-6-19/h1-13,18,24-25,28,36H,14-17H2,(H2,32,34,37)/t24-,25+,28+/m1/s1. The number of nitrogens with one attached hydrogen (secondary N) is 2. The number of halogens is 2. The van der Waals surface area contributed by atoms with Crippen LogP contribution in [0.2, 0.25) is 10.3 Å². The molecular weight excluding hydrogens is 539 g/mol. The minimum absolute atomic E-state index is 0.0290. The second-order valence-corrected chi connectivity index (χ2v) is 9.96. The topological polar surface area (TPSA) is 97.6 Å². The molecule has 2 heterocycles. The van der Waals surface area contributed by atoms with E-state index in [4.69, 9.17) is 32.7 Å². The summed E-state index contributed by atoms with van der Waals surface area (Å²) in [7, 11) is 0. The SMILES string of the molecule is O=C(NCc1ccccc1)Nc1cccc([C@H]2O[C@@H](Cn3cnc(Cl)c3Cl)C[C@@H](c3ccc(CO)cc3)O2)c1. The fourth-order valence-electron chi connectivity index (χ4n) is 4.44. The van der Waals surface area contributed by atoms with Crippen molar-refractivity contribution in [2.75, 3.05) is 5.32 Å². The van der Waals surface area contributed by atoms with Crippen molar-refractivity contribution in [3.05, 3.63) is 118 Å². The summed E-state index contributed by atoms with van der Waals surface area (Å²) in [5, 5.41) is 15.8. The summed E-state index contributed by atoms with van der Waals surface area (Å²) < 4.78 is 14.5. The van der Waals surface area contributed by atoms with Crippen molar-refractivity contribution in [2.24, 2.45) is 0 Å². The van der Waals surface area contributed by atoms with Crippen molar-refractivity contribution in [3.63, 3.8) is 0 Å². The first-order valence-electron chi connectivity index (χ1n) is 12.5. The van der Waals surface area contributed by atoms with E-state index in [1.807, 2.05) is 78.9 Å². The third-order valence-corrected chi connectivity index (χ3v) is 7.23. The number of carbonyl (C=O) groups is 1. The predicted molar refractivity (Wildman–Crippen MR) is 149 cm³/mol. The van der Waals surface area contributed by atoms with E-state index in [1.165, 1.54) is 0 Å². The monoisotopic (exact) mass is 566 g/mol. The van der Waals surface area contributed by atoms with Crippen LogP contribution in [0.3, 0.4) is 0 Å². The van der Waals surface area contributed by atoms with E-state index in [1.54, 1.807) is 10.9 Å². The molecule has 8 nitrogen and oxygen atoms in total. The van der Waals surface area contributed by atoms with E-state index in [9.17, 15) is 9.90 Å². The number of imidazole rings is 1. The maximum absolute atomic E-state index is 12.5. The van der Waals surface area contributed by atoms with Gasteiger partial charge in [0.05, 0.1) is 31.7 Å². The first kappa shape index (κ1) is 27.2. The first-order chi connectivity index (χ1) is 19.0. The largest absolute Gasteiger partial charge is 0.392 e. The highest BCUT2D eigenvalue weighted by atomic mass is 35.5. The van der Waals surface area contributed by atoms with Crippen LogP contribution < -0.4 is 10.6 Å². The van der Waals surface area contributed by atoms with Crippen molar-refractivity contribution in [3.8, 4) is 0 Å². The lowest BCUT2D eigenvalue weighted by atomic mass is 10.00. The molecule has 0 spiro atoms. The number of urea groups is 1. The molecule has 202 valence electrons. The van der Waals surface area contributed by atoms with Crippen LogP contribution in [0.15, 0.2) is 85.2 Å². The summed E-state index contributed by atoms with van der Waals surface area (Å²) in [5.41, 5.74) is 4.17. The Kier molecular flexibility index (Phi) is 8.81. The van der Waals surface area contributed by atoms with Gasteiger partial charge in [-0.2, -0.15) is 0 Å². The van der Waals surface area contributed by atoms with E-state index in [-0.39, 0.29) is 30.0 Å². The average molecular weight is 567 g/mol. The van der Waals surface area contributed by atoms with Crippen molar-refractivity contribution in [1.82, 2.24) is 14.9 Å². The number of anilines is 1. The molecule has 39 heavy (non-hydrogen) atoms. The minimum atomic E-state index is -0.696.